The fourth-order valence-corrected chi connectivity index (χ4v) is 3.32. The van der Waals surface area contributed by atoms with Gasteiger partial charge in [0.2, 0.25) is 5.91 Å². The van der Waals surface area contributed by atoms with Gasteiger partial charge >= 0.3 is 0 Å². The van der Waals surface area contributed by atoms with Crippen molar-refractivity contribution in [1.82, 2.24) is 14.5 Å². The van der Waals surface area contributed by atoms with Gasteiger partial charge in [-0.1, -0.05) is 15.9 Å². The molecule has 0 unspecified atom stereocenters. The third-order valence-corrected chi connectivity index (χ3v) is 4.52. The monoisotopic (exact) mass is 386 g/mol. The standard InChI is InChI=1S/C17H12BrFN4O/c18-10-3-4-14(19)12(6-10)13-7-15(24)22-17-16(13)21-9-23(17)11-2-1-5-20-8-11/h1-6,8-9,13H,7H2,(H,22,24)/t13-/m0/s1. The number of halogens is 2. The molecule has 1 atom stereocenters. The van der Waals surface area contributed by atoms with Crippen LogP contribution < -0.4 is 5.32 Å². The van der Waals surface area contributed by atoms with Gasteiger partial charge in [0.25, 0.3) is 0 Å². The van der Waals surface area contributed by atoms with E-state index >= 15 is 0 Å². The summed E-state index contributed by atoms with van der Waals surface area (Å²) in [5.41, 5.74) is 1.88. The summed E-state index contributed by atoms with van der Waals surface area (Å²) in [5, 5.41) is 2.84. The lowest BCUT2D eigenvalue weighted by molar-refractivity contribution is -0.116. The Balaban J connectivity index is 1.86. The van der Waals surface area contributed by atoms with Crippen LogP contribution in [-0.2, 0) is 4.79 Å². The number of pyridine rings is 1. The van der Waals surface area contributed by atoms with Gasteiger partial charge in [-0.25, -0.2) is 9.37 Å². The van der Waals surface area contributed by atoms with E-state index in [4.69, 9.17) is 0 Å². The van der Waals surface area contributed by atoms with Gasteiger partial charge in [-0.15, -0.1) is 0 Å². The highest BCUT2D eigenvalue weighted by atomic mass is 79.9. The molecule has 1 aliphatic rings. The molecule has 5 nitrogen and oxygen atoms in total. The minimum Gasteiger partial charge on any atom is -0.310 e. The maximum absolute atomic E-state index is 14.3. The van der Waals surface area contributed by atoms with Gasteiger partial charge in [0.1, 0.15) is 18.0 Å². The second-order valence-corrected chi connectivity index (χ2v) is 6.45. The smallest absolute Gasteiger partial charge is 0.226 e. The molecule has 0 bridgehead atoms. The number of aromatic nitrogens is 3. The van der Waals surface area contributed by atoms with E-state index in [1.807, 2.05) is 6.07 Å². The number of hydrogen-bond donors (Lipinski definition) is 1. The molecule has 1 amide bonds. The molecule has 7 heteroatoms. The Hall–Kier alpha value is -2.54. The van der Waals surface area contributed by atoms with Crippen LogP contribution >= 0.6 is 15.9 Å². The third-order valence-electron chi connectivity index (χ3n) is 4.03. The van der Waals surface area contributed by atoms with Crippen LogP contribution in [0, 0.1) is 5.82 Å². The number of carbonyl (C=O) groups is 1. The Bertz CT molecular complexity index is 926. The van der Waals surface area contributed by atoms with Crippen molar-refractivity contribution in [1.29, 1.82) is 0 Å². The van der Waals surface area contributed by atoms with Crippen molar-refractivity contribution < 1.29 is 9.18 Å². The van der Waals surface area contributed by atoms with Gasteiger partial charge in [-0.2, -0.15) is 0 Å². The van der Waals surface area contributed by atoms with Crippen molar-refractivity contribution in [2.45, 2.75) is 12.3 Å². The zero-order valence-corrected chi connectivity index (χ0v) is 14.0. The lowest BCUT2D eigenvalue weighted by atomic mass is 9.89. The topological polar surface area (TPSA) is 59.8 Å². The number of hydrogen-bond acceptors (Lipinski definition) is 3. The molecule has 0 aliphatic carbocycles. The fourth-order valence-electron chi connectivity index (χ4n) is 2.94. The molecule has 0 saturated heterocycles. The lowest BCUT2D eigenvalue weighted by Gasteiger charge is -2.23. The van der Waals surface area contributed by atoms with Gasteiger partial charge in [0.15, 0.2) is 0 Å². The minimum atomic E-state index is -0.427. The molecule has 0 spiro atoms. The van der Waals surface area contributed by atoms with Crippen LogP contribution in [0.1, 0.15) is 23.6 Å². The molecule has 3 aromatic rings. The largest absolute Gasteiger partial charge is 0.310 e. The number of amides is 1. The quantitative estimate of drug-likeness (QED) is 0.731. The van der Waals surface area contributed by atoms with E-state index in [0.29, 0.717) is 17.1 Å². The Kier molecular flexibility index (Phi) is 3.65. The van der Waals surface area contributed by atoms with Gasteiger partial charge in [-0.05, 0) is 35.9 Å². The summed E-state index contributed by atoms with van der Waals surface area (Å²) in [6.07, 6.45) is 5.13. The highest BCUT2D eigenvalue weighted by Gasteiger charge is 2.32. The average molecular weight is 387 g/mol. The Morgan fingerprint density at radius 2 is 2.21 bits per heavy atom. The van der Waals surface area contributed by atoms with Crippen molar-refractivity contribution in [2.75, 3.05) is 5.32 Å². The van der Waals surface area contributed by atoms with Crippen molar-refractivity contribution in [2.24, 2.45) is 0 Å². The predicted octanol–water partition coefficient (Wildman–Crippen LogP) is 3.64. The number of carbonyl (C=O) groups excluding carboxylic acids is 1. The first kappa shape index (κ1) is 15.0. The molecule has 4 rings (SSSR count). The number of nitrogens with zero attached hydrogens (tertiary/aromatic N) is 3. The van der Waals surface area contributed by atoms with Crippen LogP contribution in [0.4, 0.5) is 10.2 Å². The average Bonchev–Trinajstić information content (AvgIpc) is 3.01. The number of rotatable bonds is 2. The van der Waals surface area contributed by atoms with Crippen LogP contribution in [0.2, 0.25) is 0 Å². The predicted molar refractivity (Wildman–Crippen MR) is 90.5 cm³/mol. The first-order chi connectivity index (χ1) is 11.6. The number of nitrogens with one attached hydrogen (secondary N) is 1. The van der Waals surface area contributed by atoms with E-state index in [2.05, 4.69) is 31.2 Å². The summed E-state index contributed by atoms with van der Waals surface area (Å²) in [6, 6.07) is 8.40. The summed E-state index contributed by atoms with van der Waals surface area (Å²) in [5.74, 6) is -0.384. The van der Waals surface area contributed by atoms with E-state index in [0.717, 1.165) is 10.2 Å². The molecule has 2 aromatic heterocycles. The van der Waals surface area contributed by atoms with Gasteiger partial charge in [-0.3, -0.25) is 14.3 Å². The summed E-state index contributed by atoms with van der Waals surface area (Å²) < 4.78 is 16.8. The normalized spacial score (nSPS) is 16.6. The van der Waals surface area contributed by atoms with E-state index in [1.165, 1.54) is 6.07 Å². The molecular weight excluding hydrogens is 375 g/mol. The minimum absolute atomic E-state index is 0.157. The third kappa shape index (κ3) is 2.50. The molecule has 0 fully saturated rings. The van der Waals surface area contributed by atoms with Gasteiger partial charge in [0, 0.05) is 23.0 Å². The van der Waals surface area contributed by atoms with Crippen LogP contribution in [0.25, 0.3) is 5.69 Å². The SMILES string of the molecule is O=C1C[C@@H](c2cc(Br)ccc2F)c2ncn(-c3cccnc3)c2N1. The molecule has 24 heavy (non-hydrogen) atoms. The molecule has 1 aromatic carbocycles. The van der Waals surface area contributed by atoms with Crippen LogP contribution in [0.5, 0.6) is 0 Å². The van der Waals surface area contributed by atoms with Crippen molar-refractivity contribution in [3.8, 4) is 5.69 Å². The lowest BCUT2D eigenvalue weighted by Crippen LogP contribution is -2.25. The first-order valence-corrected chi connectivity index (χ1v) is 8.15. The zero-order valence-electron chi connectivity index (χ0n) is 12.4. The molecule has 3 heterocycles. The summed E-state index contributed by atoms with van der Waals surface area (Å²) >= 11 is 3.36. The van der Waals surface area contributed by atoms with Crippen molar-refractivity contribution in [3.63, 3.8) is 0 Å². The highest BCUT2D eigenvalue weighted by Crippen LogP contribution is 2.38. The zero-order chi connectivity index (χ0) is 16.7. The second-order valence-electron chi connectivity index (χ2n) is 5.53. The second kappa shape index (κ2) is 5.83. The van der Waals surface area contributed by atoms with Crippen LogP contribution in [-0.4, -0.2) is 20.4 Å². The van der Waals surface area contributed by atoms with Gasteiger partial charge < -0.3 is 5.32 Å². The molecule has 0 radical (unpaired) electrons. The molecule has 0 saturated carbocycles. The number of imidazole rings is 1. The van der Waals surface area contributed by atoms with Crippen LogP contribution in [0.3, 0.4) is 0 Å². The van der Waals surface area contributed by atoms with E-state index in [-0.39, 0.29) is 18.1 Å². The number of anilines is 1. The molecule has 1 aliphatic heterocycles. The summed E-state index contributed by atoms with van der Waals surface area (Å²) in [4.78, 5) is 20.7. The molecule has 1 N–H and O–H groups in total. The number of benzene rings is 1. The van der Waals surface area contributed by atoms with E-state index < -0.39 is 5.92 Å². The summed E-state index contributed by atoms with van der Waals surface area (Å²) in [7, 11) is 0. The highest BCUT2D eigenvalue weighted by molar-refractivity contribution is 9.10. The molecule has 120 valence electrons. The van der Waals surface area contributed by atoms with Crippen molar-refractivity contribution >= 4 is 27.7 Å². The van der Waals surface area contributed by atoms with Crippen molar-refractivity contribution in [3.05, 3.63) is 70.6 Å². The first-order valence-electron chi connectivity index (χ1n) is 7.36. The molecular formula is C17H12BrFN4O. The maximum atomic E-state index is 14.3. The fraction of sp³-hybridized carbons (Fsp3) is 0.118. The van der Waals surface area contributed by atoms with E-state index in [9.17, 15) is 9.18 Å². The Labute approximate surface area is 145 Å². The van der Waals surface area contributed by atoms with E-state index in [1.54, 1.807) is 41.5 Å². The van der Waals surface area contributed by atoms with Gasteiger partial charge in [0.05, 0.1) is 17.6 Å². The Morgan fingerprint density at radius 3 is 3.00 bits per heavy atom. The number of fused-ring (bicyclic) bond motifs is 1. The maximum Gasteiger partial charge on any atom is 0.226 e. The Morgan fingerprint density at radius 1 is 1.33 bits per heavy atom. The summed E-state index contributed by atoms with van der Waals surface area (Å²) in [6.45, 7) is 0. The van der Waals surface area contributed by atoms with Crippen LogP contribution in [0.15, 0.2) is 53.5 Å².